The third kappa shape index (κ3) is 18.0. The van der Waals surface area contributed by atoms with Crippen molar-refractivity contribution in [2.24, 2.45) is 41.4 Å². The number of carbonyl (C=O) groups is 2. The molecule has 0 aliphatic carbocycles. The van der Waals surface area contributed by atoms with Crippen LogP contribution in [0.4, 0.5) is 0 Å². The Kier molecular flexibility index (Phi) is 26.7. The van der Waals surface area contributed by atoms with E-state index in [2.05, 4.69) is 86.9 Å². The molecule has 15 nitrogen and oxygen atoms in total. The molecule has 0 N–H and O–H groups in total. The average molecular weight is 1060 g/mol. The lowest BCUT2D eigenvalue weighted by atomic mass is 9.78. The first kappa shape index (κ1) is 61.7. The highest BCUT2D eigenvalue weighted by atomic mass is 31.2. The molecule has 16 heteroatoms. The van der Waals surface area contributed by atoms with Crippen molar-refractivity contribution in [3.05, 3.63) is 71.8 Å². The van der Waals surface area contributed by atoms with Crippen LogP contribution < -0.4 is 0 Å². The minimum atomic E-state index is -1.34. The van der Waals surface area contributed by atoms with Crippen molar-refractivity contribution in [1.82, 2.24) is 4.67 Å². The number of hydrogen-bond donors (Lipinski definition) is 0. The molecule has 3 saturated heterocycles. The number of benzene rings is 2. The van der Waals surface area contributed by atoms with Gasteiger partial charge in [-0.15, -0.1) is 0 Å². The monoisotopic (exact) mass is 1050 g/mol. The van der Waals surface area contributed by atoms with E-state index in [4.69, 9.17) is 56.9 Å². The SMILES string of the molecule is CCCCCOCC1OC(OCC2OC(OCC3OC(OCCCCCOP(OCCC#N)N(C(C)C)C(C)C)C(OC(=O)c4ccccc4)C(C)C3OC(=O)c3ccccc3)C(C)C(C)C2C)C(C)C(C)C1C. The van der Waals surface area contributed by atoms with E-state index in [-0.39, 0.29) is 54.6 Å². The molecule has 0 bridgehead atoms. The smallest absolute Gasteiger partial charge is 0.338 e. The average Bonchev–Trinajstić information content (AvgIpc) is 3.39. The molecule has 74 heavy (non-hydrogen) atoms. The molecule has 3 fully saturated rings. The van der Waals surface area contributed by atoms with Crippen molar-refractivity contribution in [1.29, 1.82) is 5.26 Å². The molecule has 416 valence electrons. The normalized spacial score (nSPS) is 30.8. The summed E-state index contributed by atoms with van der Waals surface area (Å²) in [6, 6.07) is 20.1. The summed E-state index contributed by atoms with van der Waals surface area (Å²) in [4.78, 5) is 27.6. The first-order valence-electron chi connectivity index (χ1n) is 27.7. The van der Waals surface area contributed by atoms with Gasteiger partial charge in [0.2, 0.25) is 0 Å². The lowest BCUT2D eigenvalue weighted by molar-refractivity contribution is -0.315. The van der Waals surface area contributed by atoms with E-state index in [9.17, 15) is 9.59 Å². The van der Waals surface area contributed by atoms with Crippen molar-refractivity contribution >= 4 is 20.5 Å². The van der Waals surface area contributed by atoms with E-state index in [0.717, 1.165) is 38.7 Å². The van der Waals surface area contributed by atoms with Crippen LogP contribution in [-0.2, 0) is 51.7 Å². The van der Waals surface area contributed by atoms with Gasteiger partial charge in [-0.3, -0.25) is 0 Å². The second kappa shape index (κ2) is 32.0. The Bertz CT molecular complexity index is 1940. The maximum atomic E-state index is 13.9. The summed E-state index contributed by atoms with van der Waals surface area (Å²) in [5.74, 6) is -0.415. The van der Waals surface area contributed by atoms with Crippen LogP contribution in [0.2, 0.25) is 0 Å². The summed E-state index contributed by atoms with van der Waals surface area (Å²) in [7, 11) is -1.34. The van der Waals surface area contributed by atoms with Gasteiger partial charge in [0.05, 0.1) is 68.9 Å². The molecular weight excluding hydrogens is 964 g/mol. The van der Waals surface area contributed by atoms with Crippen LogP contribution in [0.1, 0.15) is 149 Å². The maximum Gasteiger partial charge on any atom is 0.338 e. The van der Waals surface area contributed by atoms with Gasteiger partial charge in [-0.25, -0.2) is 14.3 Å². The topological polar surface area (TPSA) is 163 Å². The molecule has 2 aromatic rings. The first-order valence-corrected chi connectivity index (χ1v) is 28.8. The zero-order valence-corrected chi connectivity index (χ0v) is 47.5. The number of ether oxygens (including phenoxy) is 9. The zero-order valence-electron chi connectivity index (χ0n) is 46.6. The van der Waals surface area contributed by atoms with E-state index in [0.29, 0.717) is 68.8 Å². The highest BCUT2D eigenvalue weighted by Crippen LogP contribution is 2.46. The molecule has 16 unspecified atom stereocenters. The van der Waals surface area contributed by atoms with Crippen LogP contribution >= 0.6 is 8.53 Å². The predicted octanol–water partition coefficient (Wildman–Crippen LogP) is 11.8. The van der Waals surface area contributed by atoms with Crippen molar-refractivity contribution in [3.63, 3.8) is 0 Å². The van der Waals surface area contributed by atoms with Gasteiger partial charge in [-0.05, 0) is 101 Å². The molecule has 2 aromatic carbocycles. The number of nitrogens with zero attached hydrogens (tertiary/aromatic N) is 2. The Morgan fingerprint density at radius 1 is 0.554 bits per heavy atom. The van der Waals surface area contributed by atoms with Crippen LogP contribution in [0, 0.1) is 52.8 Å². The molecule has 0 saturated carbocycles. The van der Waals surface area contributed by atoms with Crippen LogP contribution in [0.15, 0.2) is 60.7 Å². The first-order chi connectivity index (χ1) is 35.6. The van der Waals surface area contributed by atoms with E-state index in [1.165, 1.54) is 0 Å². The number of rotatable bonds is 30. The molecule has 3 aliphatic rings. The Hall–Kier alpha value is -3.10. The second-order valence-electron chi connectivity index (χ2n) is 21.4. The minimum Gasteiger partial charge on any atom is -0.455 e. The molecule has 16 atom stereocenters. The highest BCUT2D eigenvalue weighted by Gasteiger charge is 2.50. The highest BCUT2D eigenvalue weighted by molar-refractivity contribution is 7.44. The summed E-state index contributed by atoms with van der Waals surface area (Å²) >= 11 is 0. The number of hydrogen-bond acceptors (Lipinski definition) is 15. The number of nitriles is 1. The second-order valence-corrected chi connectivity index (χ2v) is 22.8. The van der Waals surface area contributed by atoms with Gasteiger partial charge in [-0.2, -0.15) is 5.26 Å². The molecule has 3 aliphatic heterocycles. The van der Waals surface area contributed by atoms with Crippen molar-refractivity contribution in [2.45, 2.75) is 190 Å². The predicted molar refractivity (Wildman–Crippen MR) is 285 cm³/mol. The number of carbonyl (C=O) groups excluding carboxylic acids is 2. The molecule has 0 aromatic heterocycles. The van der Waals surface area contributed by atoms with E-state index in [1.807, 2.05) is 19.1 Å². The Labute approximate surface area is 445 Å². The molecule has 0 amide bonds. The molecule has 0 radical (unpaired) electrons. The van der Waals surface area contributed by atoms with Crippen LogP contribution in [0.3, 0.4) is 0 Å². The fourth-order valence-electron chi connectivity index (χ4n) is 10.1. The van der Waals surface area contributed by atoms with Gasteiger partial charge < -0.3 is 51.7 Å². The number of esters is 2. The van der Waals surface area contributed by atoms with Crippen LogP contribution in [-0.4, -0.2) is 124 Å². The summed E-state index contributed by atoms with van der Waals surface area (Å²) < 4.78 is 73.3. The summed E-state index contributed by atoms with van der Waals surface area (Å²) in [6.45, 7) is 28.5. The van der Waals surface area contributed by atoms with Gasteiger partial charge in [0, 0.05) is 43.1 Å². The van der Waals surface area contributed by atoms with Gasteiger partial charge in [0.15, 0.2) is 25.0 Å². The Morgan fingerprint density at radius 2 is 1.04 bits per heavy atom. The maximum absolute atomic E-state index is 13.9. The third-order valence-electron chi connectivity index (χ3n) is 15.4. The lowest BCUT2D eigenvalue weighted by Gasteiger charge is -2.47. The van der Waals surface area contributed by atoms with Gasteiger partial charge in [0.1, 0.15) is 12.2 Å². The molecule has 0 spiro atoms. The van der Waals surface area contributed by atoms with Gasteiger partial charge >= 0.3 is 11.9 Å². The van der Waals surface area contributed by atoms with Gasteiger partial charge in [0.25, 0.3) is 8.53 Å². The number of unbranched alkanes of at least 4 members (excludes halogenated alkanes) is 4. The van der Waals surface area contributed by atoms with Crippen molar-refractivity contribution < 1.29 is 61.3 Å². The largest absolute Gasteiger partial charge is 0.455 e. The van der Waals surface area contributed by atoms with E-state index in [1.54, 1.807) is 48.5 Å². The Balaban J connectivity index is 1.29. The molecular formula is C58H91N2O13P. The fraction of sp³-hybridized carbons (Fsp3) is 0.741. The third-order valence-corrected chi connectivity index (χ3v) is 17.5. The summed E-state index contributed by atoms with van der Waals surface area (Å²) in [5, 5.41) is 9.11. The van der Waals surface area contributed by atoms with E-state index < -0.39 is 63.6 Å². The summed E-state index contributed by atoms with van der Waals surface area (Å²) in [6.07, 6.45) is 0.773. The zero-order chi connectivity index (χ0) is 53.7. The quantitative estimate of drug-likeness (QED) is 0.0412. The van der Waals surface area contributed by atoms with Crippen LogP contribution in [0.25, 0.3) is 0 Å². The summed E-state index contributed by atoms with van der Waals surface area (Å²) in [5.41, 5.74) is 0.750. The molecule has 3 heterocycles. The Morgan fingerprint density at radius 3 is 1.58 bits per heavy atom. The lowest BCUT2D eigenvalue weighted by Crippen LogP contribution is -2.58. The van der Waals surface area contributed by atoms with Crippen molar-refractivity contribution in [3.8, 4) is 6.07 Å². The fourth-order valence-corrected chi connectivity index (χ4v) is 11.7. The van der Waals surface area contributed by atoms with E-state index >= 15 is 0 Å². The minimum absolute atomic E-state index is 0.00138. The molecule has 5 rings (SSSR count). The van der Waals surface area contributed by atoms with Crippen LogP contribution in [0.5, 0.6) is 0 Å². The van der Waals surface area contributed by atoms with Gasteiger partial charge in [-0.1, -0.05) is 105 Å². The van der Waals surface area contributed by atoms with Crippen molar-refractivity contribution in [2.75, 3.05) is 46.2 Å². The standard InChI is InChI=1S/C58H91N2O13P/c1-13-14-22-31-63-35-49-42(8)40(6)44(10)56(69-49)65-36-50-43(9)41(7)45(11)57(70-50)66-37-51-52(72-54(61)47-26-18-15-19-27-47)46(12)53(73-55(62)48-28-20-16-21-29-48)58(71-51)64-32-23-17-24-33-67-74(68-34-25-30-59)60(38(2)3)39(4)5/h15-16,18-21,26-29,38-46,49-53,56-58H,13-14,17,22-25,31-37H2,1-12H3.